The van der Waals surface area contributed by atoms with Crippen LogP contribution in [0.3, 0.4) is 0 Å². The zero-order valence-electron chi connectivity index (χ0n) is 40.4. The first kappa shape index (κ1) is 21.4. The zero-order chi connectivity index (χ0) is 45.8. The third-order valence-corrected chi connectivity index (χ3v) is 9.04. The van der Waals surface area contributed by atoms with Gasteiger partial charge in [0, 0.05) is 17.1 Å². The fourth-order valence-corrected chi connectivity index (χ4v) is 6.37. The molecule has 0 fully saturated rings. The SMILES string of the molecule is [2H]c1c([2H])c(-c2ccc3ccccc3c2)c([2H])c(N(c2c([2H])c([2H])c(-c3ccccc3)c([2H])c2[2H])c2c([2H])c([2H])c(-c3cc(-c4ccccc4)cc(-c4ccccc4)c3)c([2H])c2[2H])c1[2H]. The highest BCUT2D eigenvalue weighted by Gasteiger charge is 2.15. The molecule has 0 radical (unpaired) electrons. The number of hydrogen-bond acceptors (Lipinski definition) is 1. The molecule has 0 spiro atoms. The van der Waals surface area contributed by atoms with Crippen molar-refractivity contribution in [3.63, 3.8) is 0 Å². The van der Waals surface area contributed by atoms with Crippen molar-refractivity contribution < 1.29 is 16.4 Å². The van der Waals surface area contributed by atoms with Crippen LogP contribution >= 0.6 is 0 Å². The molecule has 0 aliphatic rings. The summed E-state index contributed by atoms with van der Waals surface area (Å²) in [6.45, 7) is 0. The molecule has 0 amide bonds. The van der Waals surface area contributed by atoms with E-state index in [0.717, 1.165) is 37.9 Å². The number of nitrogens with zero attached hydrogens (tertiary/aromatic N) is 1. The molecule has 0 heterocycles. The maximum Gasteiger partial charge on any atom is 0.0651 e. The first-order valence-corrected chi connectivity index (χ1v) is 17.2. The molecule has 0 aliphatic carbocycles. The van der Waals surface area contributed by atoms with Crippen LogP contribution in [0.15, 0.2) is 224 Å². The van der Waals surface area contributed by atoms with Gasteiger partial charge in [-0.15, -0.1) is 0 Å². The third-order valence-electron chi connectivity index (χ3n) is 9.04. The molecule has 53 heavy (non-hydrogen) atoms. The highest BCUT2D eigenvalue weighted by atomic mass is 15.1. The molecule has 0 bridgehead atoms. The van der Waals surface area contributed by atoms with Gasteiger partial charge in [-0.3, -0.25) is 0 Å². The molecule has 0 N–H and O–H groups in total. The summed E-state index contributed by atoms with van der Waals surface area (Å²) in [5, 5.41) is 1.64. The van der Waals surface area contributed by atoms with Crippen molar-refractivity contribution in [1.82, 2.24) is 0 Å². The summed E-state index contributed by atoms with van der Waals surface area (Å²) in [4.78, 5) is 0.891. The molecule has 0 atom stereocenters. The standard InChI is InChI=1S/C52H37N/c1-4-13-38(14-5-1)42-25-29-50(30-26-42)53(52-22-12-21-45(37-52)46-24-23-41-19-10-11-20-44(41)33-46)51-31-27-43(28-32-51)49-35-47(39-15-6-2-7-16-39)34-48(36-49)40-17-8-3-9-18-40/h1-37H/i12D,21D,22D,25D,26D,27D,28D,29D,30D,31D,32D,37D. The summed E-state index contributed by atoms with van der Waals surface area (Å²) in [7, 11) is 0. The molecule has 0 saturated carbocycles. The zero-order valence-corrected chi connectivity index (χ0v) is 28.4. The van der Waals surface area contributed by atoms with Crippen LogP contribution in [-0.2, 0) is 0 Å². The van der Waals surface area contributed by atoms with Crippen LogP contribution in [-0.4, -0.2) is 0 Å². The van der Waals surface area contributed by atoms with E-state index < -0.39 is 89.6 Å². The largest absolute Gasteiger partial charge is 0.310 e. The lowest BCUT2D eigenvalue weighted by Crippen LogP contribution is -2.10. The normalized spacial score (nSPS) is 14.2. The van der Waals surface area contributed by atoms with Crippen molar-refractivity contribution in [3.8, 4) is 55.6 Å². The highest BCUT2D eigenvalue weighted by Crippen LogP contribution is 2.40. The monoisotopic (exact) mass is 687 g/mol. The predicted molar refractivity (Wildman–Crippen MR) is 226 cm³/mol. The van der Waals surface area contributed by atoms with Gasteiger partial charge in [0.05, 0.1) is 16.4 Å². The minimum Gasteiger partial charge on any atom is -0.310 e. The van der Waals surface area contributed by atoms with Crippen LogP contribution in [0.2, 0.25) is 0 Å². The van der Waals surface area contributed by atoms with Crippen molar-refractivity contribution in [2.75, 3.05) is 4.90 Å². The molecular weight excluding hydrogens is 639 g/mol. The van der Waals surface area contributed by atoms with E-state index in [1.807, 2.05) is 91.0 Å². The Morgan fingerprint density at radius 1 is 0.283 bits per heavy atom. The summed E-state index contributed by atoms with van der Waals surface area (Å²) < 4.78 is 113. The van der Waals surface area contributed by atoms with Gasteiger partial charge in [0.2, 0.25) is 0 Å². The van der Waals surface area contributed by atoms with Gasteiger partial charge in [0.1, 0.15) is 0 Å². The van der Waals surface area contributed by atoms with Crippen LogP contribution in [0.25, 0.3) is 66.4 Å². The topological polar surface area (TPSA) is 3.24 Å². The Hall–Kier alpha value is -6.96. The summed E-state index contributed by atoms with van der Waals surface area (Å²) in [6, 6.07) is 38.7. The van der Waals surface area contributed by atoms with Gasteiger partial charge in [-0.25, -0.2) is 0 Å². The molecule has 9 aromatic carbocycles. The van der Waals surface area contributed by atoms with E-state index in [1.54, 1.807) is 60.7 Å². The van der Waals surface area contributed by atoms with E-state index in [2.05, 4.69) is 0 Å². The number of fused-ring (bicyclic) bond motifs is 1. The molecule has 0 unspecified atom stereocenters. The fourth-order valence-electron chi connectivity index (χ4n) is 6.37. The molecule has 0 aliphatic heterocycles. The first-order valence-electron chi connectivity index (χ1n) is 23.2. The van der Waals surface area contributed by atoms with E-state index in [0.29, 0.717) is 16.7 Å². The van der Waals surface area contributed by atoms with Gasteiger partial charge < -0.3 is 4.90 Å². The second kappa shape index (κ2) is 14.3. The van der Waals surface area contributed by atoms with Crippen molar-refractivity contribution >= 4 is 27.8 Å². The average molecular weight is 688 g/mol. The van der Waals surface area contributed by atoms with Crippen molar-refractivity contribution in [1.29, 1.82) is 0 Å². The maximum atomic E-state index is 9.76. The van der Waals surface area contributed by atoms with Crippen LogP contribution < -0.4 is 4.90 Å². The van der Waals surface area contributed by atoms with E-state index in [9.17, 15) is 13.7 Å². The highest BCUT2D eigenvalue weighted by molar-refractivity contribution is 5.89. The van der Waals surface area contributed by atoms with Crippen LogP contribution in [0, 0.1) is 0 Å². The lowest BCUT2D eigenvalue weighted by atomic mass is 9.93. The van der Waals surface area contributed by atoms with Gasteiger partial charge in [-0.05, 0) is 127 Å². The van der Waals surface area contributed by atoms with Gasteiger partial charge in [0.15, 0.2) is 0 Å². The Balaban J connectivity index is 1.36. The smallest absolute Gasteiger partial charge is 0.0651 e. The van der Waals surface area contributed by atoms with Crippen molar-refractivity contribution in [3.05, 3.63) is 224 Å². The molecule has 9 aromatic rings. The molecular formula is C52H37N. The molecule has 1 heteroatoms. The van der Waals surface area contributed by atoms with Gasteiger partial charge in [-0.2, -0.15) is 0 Å². The van der Waals surface area contributed by atoms with E-state index in [1.165, 1.54) is 0 Å². The lowest BCUT2D eigenvalue weighted by Gasteiger charge is -2.26. The Kier molecular flexibility index (Phi) is 5.80. The first-order chi connectivity index (χ1) is 31.3. The number of anilines is 3. The number of rotatable bonds is 8. The Labute approximate surface area is 328 Å². The Morgan fingerprint density at radius 2 is 0.736 bits per heavy atom. The third kappa shape index (κ3) is 6.77. The van der Waals surface area contributed by atoms with Crippen molar-refractivity contribution in [2.24, 2.45) is 0 Å². The lowest BCUT2D eigenvalue weighted by molar-refractivity contribution is 1.28. The second-order valence-electron chi connectivity index (χ2n) is 12.5. The number of benzene rings is 9. The Morgan fingerprint density at radius 3 is 1.28 bits per heavy atom. The summed E-state index contributed by atoms with van der Waals surface area (Å²) >= 11 is 0. The van der Waals surface area contributed by atoms with Crippen LogP contribution in [0.4, 0.5) is 17.1 Å². The summed E-state index contributed by atoms with van der Waals surface area (Å²) in [6.07, 6.45) is 0. The summed E-state index contributed by atoms with van der Waals surface area (Å²) in [5.41, 5.74) is 2.46. The van der Waals surface area contributed by atoms with Crippen molar-refractivity contribution in [2.45, 2.75) is 0 Å². The maximum absolute atomic E-state index is 9.76. The van der Waals surface area contributed by atoms with Gasteiger partial charge in [0.25, 0.3) is 0 Å². The van der Waals surface area contributed by atoms with Gasteiger partial charge in [-0.1, -0.05) is 164 Å². The van der Waals surface area contributed by atoms with E-state index in [-0.39, 0.29) is 16.7 Å². The second-order valence-corrected chi connectivity index (χ2v) is 12.5. The minimum absolute atomic E-state index is 0.0385. The van der Waals surface area contributed by atoms with E-state index >= 15 is 0 Å². The van der Waals surface area contributed by atoms with E-state index in [4.69, 9.17) is 2.74 Å². The molecule has 0 aromatic heterocycles. The molecule has 250 valence electrons. The average Bonchev–Trinajstić information content (AvgIpc) is 3.33. The van der Waals surface area contributed by atoms with Crippen LogP contribution in [0.1, 0.15) is 16.4 Å². The summed E-state index contributed by atoms with van der Waals surface area (Å²) in [5.74, 6) is 0. The number of hydrogen-bond donors (Lipinski definition) is 0. The molecule has 1 nitrogen and oxygen atoms in total. The fraction of sp³-hybridized carbons (Fsp3) is 0. The van der Waals surface area contributed by atoms with Gasteiger partial charge >= 0.3 is 0 Å². The van der Waals surface area contributed by atoms with Crippen LogP contribution in [0.5, 0.6) is 0 Å². The molecule has 9 rings (SSSR count). The quantitative estimate of drug-likeness (QED) is 0.154. The predicted octanol–water partition coefficient (Wildman–Crippen LogP) is 14.6. The minimum atomic E-state index is -0.725. The molecule has 0 saturated heterocycles. The Bertz CT molecular complexity index is 3230.